The van der Waals surface area contributed by atoms with Gasteiger partial charge in [-0.3, -0.25) is 4.90 Å². The summed E-state index contributed by atoms with van der Waals surface area (Å²) in [5.74, 6) is 0.0348. The number of sulfonamides is 1. The Labute approximate surface area is 173 Å². The topological polar surface area (TPSA) is 52.7 Å². The molecule has 0 radical (unpaired) electrons. The average Bonchev–Trinajstić information content (AvgIpc) is 2.68. The third kappa shape index (κ3) is 6.48. The van der Waals surface area contributed by atoms with Crippen molar-refractivity contribution in [2.45, 2.75) is 19.1 Å². The van der Waals surface area contributed by atoms with Crippen LogP contribution in [0.2, 0.25) is 5.02 Å². The number of piperazine rings is 1. The van der Waals surface area contributed by atoms with Crippen LogP contribution in [0.15, 0.2) is 48.5 Å². The maximum absolute atomic E-state index is 12.2. The van der Waals surface area contributed by atoms with Gasteiger partial charge in [0.05, 0.1) is 5.75 Å². The summed E-state index contributed by atoms with van der Waals surface area (Å²) in [5, 5.41) is 0.757. The van der Waals surface area contributed by atoms with Crippen LogP contribution >= 0.6 is 11.6 Å². The molecule has 0 aliphatic carbocycles. The third-order valence-electron chi connectivity index (χ3n) is 5.01. The first kappa shape index (κ1) is 21.1. The third-order valence-corrected chi connectivity index (χ3v) is 6.62. The van der Waals surface area contributed by atoms with Crippen molar-refractivity contribution in [2.24, 2.45) is 0 Å². The molecule has 28 heavy (non-hydrogen) atoms. The number of nitrogens with one attached hydrogen (secondary N) is 1. The second-order valence-corrected chi connectivity index (χ2v) is 9.54. The molecular formula is C21H28ClN3O2S. The Morgan fingerprint density at radius 2 is 1.61 bits per heavy atom. The maximum Gasteiger partial charge on any atom is 0.215 e. The van der Waals surface area contributed by atoms with Crippen molar-refractivity contribution in [1.29, 1.82) is 0 Å². The van der Waals surface area contributed by atoms with Crippen LogP contribution in [-0.4, -0.2) is 52.6 Å². The fourth-order valence-electron chi connectivity index (χ4n) is 3.37. The normalized spacial score (nSPS) is 15.7. The number of benzene rings is 2. The van der Waals surface area contributed by atoms with Gasteiger partial charge in [0.2, 0.25) is 10.0 Å². The van der Waals surface area contributed by atoms with Gasteiger partial charge in [-0.1, -0.05) is 41.4 Å². The Kier molecular flexibility index (Phi) is 7.35. The first-order chi connectivity index (χ1) is 13.4. The molecule has 0 unspecified atom stereocenters. The molecule has 0 saturated carbocycles. The van der Waals surface area contributed by atoms with E-state index in [0.29, 0.717) is 6.54 Å². The van der Waals surface area contributed by atoms with Gasteiger partial charge in [-0.15, -0.1) is 0 Å². The maximum atomic E-state index is 12.2. The highest BCUT2D eigenvalue weighted by molar-refractivity contribution is 7.88. The predicted molar refractivity (Wildman–Crippen MR) is 117 cm³/mol. The standard InChI is InChI=1S/C21H28ClN3O2S/c1-18-3-5-19(6-4-18)17-28(26,27)23-11-2-12-24-13-15-25(16-14-24)21-9-7-20(22)8-10-21/h3-10,23H,2,11-17H2,1H3. The lowest BCUT2D eigenvalue weighted by Gasteiger charge is -2.36. The fraction of sp³-hybridized carbons (Fsp3) is 0.429. The van der Waals surface area contributed by atoms with Crippen LogP contribution in [0.1, 0.15) is 17.5 Å². The van der Waals surface area contributed by atoms with Crippen molar-refractivity contribution in [1.82, 2.24) is 9.62 Å². The lowest BCUT2D eigenvalue weighted by Crippen LogP contribution is -2.47. The van der Waals surface area contributed by atoms with Crippen LogP contribution in [0.25, 0.3) is 0 Å². The molecule has 0 spiro atoms. The minimum absolute atomic E-state index is 0.0348. The number of nitrogens with zero attached hydrogens (tertiary/aromatic N) is 2. The molecular weight excluding hydrogens is 394 g/mol. The molecule has 1 saturated heterocycles. The summed E-state index contributed by atoms with van der Waals surface area (Å²) in [6.07, 6.45) is 0.814. The second-order valence-electron chi connectivity index (χ2n) is 7.30. The fourth-order valence-corrected chi connectivity index (χ4v) is 4.68. The molecule has 1 fully saturated rings. The van der Waals surface area contributed by atoms with E-state index < -0.39 is 10.0 Å². The van der Waals surface area contributed by atoms with Gasteiger partial charge in [-0.2, -0.15) is 0 Å². The van der Waals surface area contributed by atoms with Gasteiger partial charge in [0.15, 0.2) is 0 Å². The zero-order chi connectivity index (χ0) is 20.0. The molecule has 0 amide bonds. The van der Waals surface area contributed by atoms with E-state index in [1.54, 1.807) is 0 Å². The first-order valence-electron chi connectivity index (χ1n) is 9.67. The first-order valence-corrected chi connectivity index (χ1v) is 11.7. The van der Waals surface area contributed by atoms with Crippen LogP contribution in [-0.2, 0) is 15.8 Å². The molecule has 1 aliphatic heterocycles. The Morgan fingerprint density at radius 1 is 0.964 bits per heavy atom. The number of anilines is 1. The van der Waals surface area contributed by atoms with E-state index in [1.165, 1.54) is 5.69 Å². The molecule has 0 atom stereocenters. The number of hydrogen-bond acceptors (Lipinski definition) is 4. The van der Waals surface area contributed by atoms with Crippen molar-refractivity contribution < 1.29 is 8.42 Å². The molecule has 7 heteroatoms. The quantitative estimate of drug-likeness (QED) is 0.664. The predicted octanol–water partition coefficient (Wildman–Crippen LogP) is 3.28. The number of halogens is 1. The van der Waals surface area contributed by atoms with Crippen molar-refractivity contribution in [3.8, 4) is 0 Å². The lowest BCUT2D eigenvalue weighted by atomic mass is 10.2. The molecule has 152 valence electrons. The van der Waals surface area contributed by atoms with Crippen LogP contribution < -0.4 is 9.62 Å². The van der Waals surface area contributed by atoms with Gasteiger partial charge in [0, 0.05) is 43.4 Å². The summed E-state index contributed by atoms with van der Waals surface area (Å²) >= 11 is 5.95. The molecule has 1 N–H and O–H groups in total. The van der Waals surface area contributed by atoms with Gasteiger partial charge in [-0.05, 0) is 49.7 Å². The zero-order valence-electron chi connectivity index (χ0n) is 16.3. The van der Waals surface area contributed by atoms with Crippen LogP contribution in [0.3, 0.4) is 0 Å². The number of rotatable bonds is 8. The summed E-state index contributed by atoms with van der Waals surface area (Å²) in [6, 6.07) is 15.6. The summed E-state index contributed by atoms with van der Waals surface area (Å²) in [6.45, 7) is 7.29. The van der Waals surface area contributed by atoms with E-state index in [9.17, 15) is 8.42 Å². The van der Waals surface area contributed by atoms with Gasteiger partial charge in [-0.25, -0.2) is 13.1 Å². The van der Waals surface area contributed by atoms with Gasteiger partial charge >= 0.3 is 0 Å². The van der Waals surface area contributed by atoms with Crippen LogP contribution in [0.4, 0.5) is 5.69 Å². The highest BCUT2D eigenvalue weighted by Crippen LogP contribution is 2.19. The summed E-state index contributed by atoms with van der Waals surface area (Å²) in [5.41, 5.74) is 3.15. The monoisotopic (exact) mass is 421 g/mol. The SMILES string of the molecule is Cc1ccc(CS(=O)(=O)NCCCN2CCN(c3ccc(Cl)cc3)CC2)cc1. The van der Waals surface area contributed by atoms with Gasteiger partial charge in [0.25, 0.3) is 0 Å². The summed E-state index contributed by atoms with van der Waals surface area (Å²) in [7, 11) is -3.29. The summed E-state index contributed by atoms with van der Waals surface area (Å²) in [4.78, 5) is 4.75. The molecule has 0 bridgehead atoms. The molecule has 5 nitrogen and oxygen atoms in total. The van der Waals surface area contributed by atoms with Crippen molar-refractivity contribution in [3.63, 3.8) is 0 Å². The number of hydrogen-bond donors (Lipinski definition) is 1. The van der Waals surface area contributed by atoms with E-state index in [-0.39, 0.29) is 5.75 Å². The van der Waals surface area contributed by atoms with E-state index in [1.807, 2.05) is 43.3 Å². The Balaban J connectivity index is 1.35. The molecule has 1 aliphatic rings. The number of aryl methyl sites for hydroxylation is 1. The van der Waals surface area contributed by atoms with E-state index in [4.69, 9.17) is 11.6 Å². The Bertz CT molecular complexity index is 846. The van der Waals surface area contributed by atoms with E-state index in [2.05, 4.69) is 26.7 Å². The van der Waals surface area contributed by atoms with Crippen molar-refractivity contribution >= 4 is 27.3 Å². The van der Waals surface area contributed by atoms with Gasteiger partial charge in [0.1, 0.15) is 0 Å². The lowest BCUT2D eigenvalue weighted by molar-refractivity contribution is 0.255. The minimum Gasteiger partial charge on any atom is -0.369 e. The van der Waals surface area contributed by atoms with Crippen LogP contribution in [0.5, 0.6) is 0 Å². The zero-order valence-corrected chi connectivity index (χ0v) is 17.8. The van der Waals surface area contributed by atoms with E-state index >= 15 is 0 Å². The smallest absolute Gasteiger partial charge is 0.215 e. The minimum atomic E-state index is -3.29. The van der Waals surface area contributed by atoms with Crippen LogP contribution in [0, 0.1) is 6.92 Å². The Morgan fingerprint density at radius 3 is 2.25 bits per heavy atom. The second kappa shape index (κ2) is 9.74. The Hall–Kier alpha value is -1.60. The molecule has 2 aromatic rings. The molecule has 3 rings (SSSR count). The molecule has 0 aromatic heterocycles. The van der Waals surface area contributed by atoms with Crippen molar-refractivity contribution in [3.05, 3.63) is 64.7 Å². The van der Waals surface area contributed by atoms with E-state index in [0.717, 1.165) is 55.3 Å². The van der Waals surface area contributed by atoms with Crippen molar-refractivity contribution in [2.75, 3.05) is 44.2 Å². The highest BCUT2D eigenvalue weighted by atomic mass is 35.5. The summed E-state index contributed by atoms with van der Waals surface area (Å²) < 4.78 is 27.2. The average molecular weight is 422 g/mol. The largest absolute Gasteiger partial charge is 0.369 e. The highest BCUT2D eigenvalue weighted by Gasteiger charge is 2.17. The molecule has 1 heterocycles. The molecule has 2 aromatic carbocycles. The van der Waals surface area contributed by atoms with Gasteiger partial charge < -0.3 is 4.90 Å².